The van der Waals surface area contributed by atoms with Crippen molar-refractivity contribution >= 4 is 11.6 Å². The monoisotopic (exact) mass is 292 g/mol. The molecule has 3 N–H and O–H groups in total. The average Bonchev–Trinajstić information content (AvgIpc) is 2.46. The average molecular weight is 292 g/mol. The Labute approximate surface area is 128 Å². The van der Waals surface area contributed by atoms with E-state index in [1.165, 1.54) is 32.1 Å². The molecule has 1 aromatic carbocycles. The number of benzene rings is 1. The van der Waals surface area contributed by atoms with E-state index in [0.717, 1.165) is 6.42 Å². The van der Waals surface area contributed by atoms with E-state index < -0.39 is 0 Å². The van der Waals surface area contributed by atoms with Crippen LogP contribution in [0, 0.1) is 0 Å². The van der Waals surface area contributed by atoms with E-state index in [1.807, 2.05) is 6.92 Å². The van der Waals surface area contributed by atoms with E-state index in [-0.39, 0.29) is 5.91 Å². The van der Waals surface area contributed by atoms with Crippen molar-refractivity contribution in [3.63, 3.8) is 0 Å². The van der Waals surface area contributed by atoms with Crippen LogP contribution < -0.4 is 15.8 Å². The molecule has 0 unspecified atom stereocenters. The van der Waals surface area contributed by atoms with Crippen LogP contribution in [0.15, 0.2) is 18.2 Å². The third-order valence-electron chi connectivity index (χ3n) is 3.32. The molecule has 0 bridgehead atoms. The van der Waals surface area contributed by atoms with Gasteiger partial charge < -0.3 is 15.8 Å². The molecule has 1 rings (SSSR count). The van der Waals surface area contributed by atoms with Crippen molar-refractivity contribution in [2.45, 2.75) is 52.4 Å². The van der Waals surface area contributed by atoms with Crippen molar-refractivity contribution in [1.82, 2.24) is 5.32 Å². The molecule has 0 saturated heterocycles. The zero-order valence-corrected chi connectivity index (χ0v) is 13.3. The second-order valence-electron chi connectivity index (χ2n) is 5.25. The minimum atomic E-state index is -0.0863. The second kappa shape index (κ2) is 10.1. The lowest BCUT2D eigenvalue weighted by Gasteiger charge is -2.09. The lowest BCUT2D eigenvalue weighted by molar-refractivity contribution is 0.0952. The molecule has 0 radical (unpaired) electrons. The Bertz CT molecular complexity index is 433. The third kappa shape index (κ3) is 7.02. The number of amides is 1. The number of carbonyl (C=O) groups excluding carboxylic acids is 1. The quantitative estimate of drug-likeness (QED) is 0.510. The first kappa shape index (κ1) is 17.3. The largest absolute Gasteiger partial charge is 0.494 e. The summed E-state index contributed by atoms with van der Waals surface area (Å²) >= 11 is 0. The highest BCUT2D eigenvalue weighted by molar-refractivity contribution is 5.95. The summed E-state index contributed by atoms with van der Waals surface area (Å²) in [5, 5.41) is 2.94. The van der Waals surface area contributed by atoms with Crippen molar-refractivity contribution in [2.75, 3.05) is 18.9 Å². The Hall–Kier alpha value is -1.71. The number of nitrogens with one attached hydrogen (secondary N) is 1. The standard InChI is InChI=1S/C17H28N2O2/c1-3-5-6-7-8-9-10-19-17(20)14-11-15(18)13-16(12-14)21-4-2/h11-13H,3-10,18H2,1-2H3,(H,19,20). The number of anilines is 1. The molecule has 0 saturated carbocycles. The predicted octanol–water partition coefficient (Wildman–Crippen LogP) is 3.76. The van der Waals surface area contributed by atoms with Crippen LogP contribution in [-0.2, 0) is 0 Å². The van der Waals surface area contributed by atoms with Crippen molar-refractivity contribution in [2.24, 2.45) is 0 Å². The van der Waals surface area contributed by atoms with Crippen LogP contribution in [0.3, 0.4) is 0 Å². The topological polar surface area (TPSA) is 64.4 Å². The second-order valence-corrected chi connectivity index (χ2v) is 5.25. The van der Waals surface area contributed by atoms with Crippen molar-refractivity contribution in [3.05, 3.63) is 23.8 Å². The van der Waals surface area contributed by atoms with E-state index in [0.29, 0.717) is 30.2 Å². The maximum absolute atomic E-state index is 12.1. The molecule has 0 atom stereocenters. The normalized spacial score (nSPS) is 10.4. The van der Waals surface area contributed by atoms with Crippen molar-refractivity contribution < 1.29 is 9.53 Å². The molecular formula is C17H28N2O2. The van der Waals surface area contributed by atoms with Gasteiger partial charge in [0.15, 0.2) is 0 Å². The Morgan fingerprint density at radius 1 is 1.10 bits per heavy atom. The fourth-order valence-corrected chi connectivity index (χ4v) is 2.21. The van der Waals surface area contributed by atoms with Crippen LogP contribution >= 0.6 is 0 Å². The first-order chi connectivity index (χ1) is 10.2. The van der Waals surface area contributed by atoms with E-state index in [2.05, 4.69) is 12.2 Å². The Balaban J connectivity index is 2.34. The van der Waals surface area contributed by atoms with Gasteiger partial charge in [-0.15, -0.1) is 0 Å². The molecule has 0 heterocycles. The molecule has 0 aromatic heterocycles. The fraction of sp³-hybridized carbons (Fsp3) is 0.588. The lowest BCUT2D eigenvalue weighted by Crippen LogP contribution is -2.24. The maximum atomic E-state index is 12.1. The van der Waals surface area contributed by atoms with Gasteiger partial charge in [-0.25, -0.2) is 0 Å². The van der Waals surface area contributed by atoms with Crippen LogP contribution in [-0.4, -0.2) is 19.1 Å². The SMILES string of the molecule is CCCCCCCCNC(=O)c1cc(N)cc(OCC)c1. The highest BCUT2D eigenvalue weighted by atomic mass is 16.5. The summed E-state index contributed by atoms with van der Waals surface area (Å²) in [4.78, 5) is 12.1. The number of hydrogen-bond donors (Lipinski definition) is 2. The minimum absolute atomic E-state index is 0.0863. The van der Waals surface area contributed by atoms with Gasteiger partial charge >= 0.3 is 0 Å². The van der Waals surface area contributed by atoms with Gasteiger partial charge in [-0.3, -0.25) is 4.79 Å². The molecule has 0 aliphatic carbocycles. The summed E-state index contributed by atoms with van der Waals surface area (Å²) in [7, 11) is 0. The number of nitrogen functional groups attached to an aromatic ring is 1. The van der Waals surface area contributed by atoms with E-state index in [9.17, 15) is 4.79 Å². The van der Waals surface area contributed by atoms with Crippen LogP contribution in [0.1, 0.15) is 62.7 Å². The Kier molecular flexibility index (Phi) is 8.32. The summed E-state index contributed by atoms with van der Waals surface area (Å²) in [5.74, 6) is 0.555. The molecule has 21 heavy (non-hydrogen) atoms. The van der Waals surface area contributed by atoms with E-state index in [4.69, 9.17) is 10.5 Å². The smallest absolute Gasteiger partial charge is 0.251 e. The van der Waals surface area contributed by atoms with Gasteiger partial charge in [0.05, 0.1) is 6.61 Å². The van der Waals surface area contributed by atoms with Gasteiger partial charge in [0.2, 0.25) is 0 Å². The number of rotatable bonds is 10. The molecule has 0 aliphatic rings. The fourth-order valence-electron chi connectivity index (χ4n) is 2.21. The van der Waals surface area contributed by atoms with Gasteiger partial charge in [0.1, 0.15) is 5.75 Å². The molecule has 1 aromatic rings. The molecular weight excluding hydrogens is 264 g/mol. The summed E-state index contributed by atoms with van der Waals surface area (Å²) < 4.78 is 5.40. The van der Waals surface area contributed by atoms with Crippen LogP contribution in [0.2, 0.25) is 0 Å². The summed E-state index contributed by atoms with van der Waals surface area (Å²) in [6.07, 6.45) is 7.29. The Morgan fingerprint density at radius 3 is 2.52 bits per heavy atom. The van der Waals surface area contributed by atoms with Gasteiger partial charge in [-0.05, 0) is 25.5 Å². The maximum Gasteiger partial charge on any atom is 0.251 e. The highest BCUT2D eigenvalue weighted by Gasteiger charge is 2.08. The number of ether oxygens (including phenoxy) is 1. The predicted molar refractivity (Wildman–Crippen MR) is 87.7 cm³/mol. The van der Waals surface area contributed by atoms with Gasteiger partial charge in [0, 0.05) is 23.9 Å². The first-order valence-corrected chi connectivity index (χ1v) is 7.99. The summed E-state index contributed by atoms with van der Waals surface area (Å²) in [6, 6.07) is 5.14. The van der Waals surface area contributed by atoms with E-state index in [1.54, 1.807) is 18.2 Å². The summed E-state index contributed by atoms with van der Waals surface area (Å²) in [5.41, 5.74) is 6.90. The number of unbranched alkanes of at least 4 members (excludes halogenated alkanes) is 5. The minimum Gasteiger partial charge on any atom is -0.494 e. The van der Waals surface area contributed by atoms with Gasteiger partial charge in [-0.1, -0.05) is 39.0 Å². The first-order valence-electron chi connectivity index (χ1n) is 7.99. The number of carbonyl (C=O) groups is 1. The number of nitrogens with two attached hydrogens (primary N) is 1. The summed E-state index contributed by atoms with van der Waals surface area (Å²) in [6.45, 7) is 5.38. The third-order valence-corrected chi connectivity index (χ3v) is 3.32. The molecule has 1 amide bonds. The van der Waals surface area contributed by atoms with E-state index >= 15 is 0 Å². The van der Waals surface area contributed by atoms with Crippen LogP contribution in [0.4, 0.5) is 5.69 Å². The molecule has 4 heteroatoms. The zero-order valence-electron chi connectivity index (χ0n) is 13.3. The molecule has 0 fully saturated rings. The molecule has 118 valence electrons. The number of hydrogen-bond acceptors (Lipinski definition) is 3. The van der Waals surface area contributed by atoms with Crippen molar-refractivity contribution in [1.29, 1.82) is 0 Å². The molecule has 0 spiro atoms. The van der Waals surface area contributed by atoms with Crippen LogP contribution in [0.25, 0.3) is 0 Å². The van der Waals surface area contributed by atoms with Gasteiger partial charge in [0.25, 0.3) is 5.91 Å². The molecule has 4 nitrogen and oxygen atoms in total. The molecule has 0 aliphatic heterocycles. The van der Waals surface area contributed by atoms with Crippen LogP contribution in [0.5, 0.6) is 5.75 Å². The van der Waals surface area contributed by atoms with Gasteiger partial charge in [-0.2, -0.15) is 0 Å². The lowest BCUT2D eigenvalue weighted by atomic mass is 10.1. The zero-order chi connectivity index (χ0) is 15.5. The Morgan fingerprint density at radius 2 is 1.81 bits per heavy atom. The van der Waals surface area contributed by atoms with Crippen molar-refractivity contribution in [3.8, 4) is 5.75 Å². The highest BCUT2D eigenvalue weighted by Crippen LogP contribution is 2.19.